The highest BCUT2D eigenvalue weighted by Gasteiger charge is 2.18. The summed E-state index contributed by atoms with van der Waals surface area (Å²) in [7, 11) is 0. The van der Waals surface area contributed by atoms with E-state index in [0.717, 1.165) is 12.0 Å². The minimum absolute atomic E-state index is 0.0537. The molecule has 1 atom stereocenters. The first-order valence-electron chi connectivity index (χ1n) is 8.06. The Morgan fingerprint density at radius 3 is 2.62 bits per heavy atom. The van der Waals surface area contributed by atoms with Crippen LogP contribution in [-0.4, -0.2) is 34.7 Å². The van der Waals surface area contributed by atoms with Gasteiger partial charge in [0.15, 0.2) is 17.5 Å². The Kier molecular flexibility index (Phi) is 7.41. The fourth-order valence-corrected chi connectivity index (χ4v) is 2.71. The van der Waals surface area contributed by atoms with Crippen LogP contribution in [0.15, 0.2) is 35.6 Å². The Balaban J connectivity index is 1.90. The molecule has 2 aromatic rings. The van der Waals surface area contributed by atoms with Crippen LogP contribution in [0.2, 0.25) is 5.02 Å². The number of thioether (sulfide) groups is 1. The average molecular weight is 394 g/mol. The lowest BCUT2D eigenvalue weighted by Crippen LogP contribution is -2.31. The zero-order valence-corrected chi connectivity index (χ0v) is 16.4. The van der Waals surface area contributed by atoms with Gasteiger partial charge in [-0.05, 0) is 30.7 Å². The molecule has 1 aromatic heterocycles. The molecule has 0 fully saturated rings. The minimum atomic E-state index is -0.761. The lowest BCUT2D eigenvalue weighted by Gasteiger charge is -2.15. The van der Waals surface area contributed by atoms with Gasteiger partial charge >= 0.3 is 5.97 Å². The van der Waals surface area contributed by atoms with Crippen LogP contribution in [-0.2, 0) is 16.0 Å². The quantitative estimate of drug-likeness (QED) is 0.441. The Bertz CT molecular complexity index is 784. The number of aromatic nitrogens is 2. The van der Waals surface area contributed by atoms with Crippen molar-refractivity contribution >= 4 is 35.2 Å². The largest absolute Gasteiger partial charge is 0.451 e. The van der Waals surface area contributed by atoms with Crippen molar-refractivity contribution in [2.24, 2.45) is 0 Å². The second-order valence-corrected chi connectivity index (χ2v) is 6.69. The number of nitrogens with zero attached hydrogens (tertiary/aromatic N) is 2. The highest BCUT2D eigenvalue weighted by molar-refractivity contribution is 7.98. The van der Waals surface area contributed by atoms with E-state index in [-0.39, 0.29) is 16.8 Å². The normalized spacial score (nSPS) is 11.7. The van der Waals surface area contributed by atoms with Gasteiger partial charge < -0.3 is 10.1 Å². The molecule has 0 aliphatic carbocycles. The topological polar surface area (TPSA) is 81.2 Å². The summed E-state index contributed by atoms with van der Waals surface area (Å²) in [5.41, 5.74) is 2.15. The number of ether oxygens (including phenoxy) is 1. The molecule has 1 aromatic carbocycles. The number of hydrogen-bond acceptors (Lipinski definition) is 6. The molecule has 6 nitrogen and oxygen atoms in total. The first-order valence-corrected chi connectivity index (χ1v) is 9.66. The van der Waals surface area contributed by atoms with E-state index in [9.17, 15) is 9.59 Å². The summed E-state index contributed by atoms with van der Waals surface area (Å²) < 4.78 is 5.01. The average Bonchev–Trinajstić information content (AvgIpc) is 2.66. The van der Waals surface area contributed by atoms with E-state index < -0.39 is 18.5 Å². The van der Waals surface area contributed by atoms with Crippen molar-refractivity contribution in [1.82, 2.24) is 15.3 Å². The highest BCUT2D eigenvalue weighted by atomic mass is 35.5. The van der Waals surface area contributed by atoms with Crippen molar-refractivity contribution in [2.75, 3.05) is 12.9 Å². The van der Waals surface area contributed by atoms with E-state index >= 15 is 0 Å². The zero-order valence-electron chi connectivity index (χ0n) is 14.8. The Hall–Kier alpha value is -2.12. The zero-order chi connectivity index (χ0) is 19.1. The number of aryl methyl sites for hydroxylation is 1. The molecule has 138 valence electrons. The predicted molar refractivity (Wildman–Crippen MR) is 101 cm³/mol. The fraction of sp³-hybridized carbons (Fsp3) is 0.333. The molecule has 1 unspecified atom stereocenters. The lowest BCUT2D eigenvalue weighted by atomic mass is 10.1. The molecule has 0 spiro atoms. The third kappa shape index (κ3) is 5.44. The first kappa shape index (κ1) is 20.2. The first-order chi connectivity index (χ1) is 12.4. The highest BCUT2D eigenvalue weighted by Crippen LogP contribution is 2.17. The maximum Gasteiger partial charge on any atom is 0.359 e. The van der Waals surface area contributed by atoms with Gasteiger partial charge in [-0.15, -0.1) is 0 Å². The SMILES string of the molecule is CCc1ccc(C(C)NC(=O)COC(=O)c2nc(SC)ncc2Cl)cc1. The maximum atomic E-state index is 12.1. The van der Waals surface area contributed by atoms with Crippen LogP contribution in [0.1, 0.15) is 41.5 Å². The molecule has 8 heteroatoms. The number of carbonyl (C=O) groups excluding carboxylic acids is 2. The number of carbonyl (C=O) groups is 2. The summed E-state index contributed by atoms with van der Waals surface area (Å²) in [5.74, 6) is -1.16. The van der Waals surface area contributed by atoms with Crippen LogP contribution in [0, 0.1) is 0 Å². The summed E-state index contributed by atoms with van der Waals surface area (Å²) in [5, 5.41) is 3.27. The Labute approximate surface area is 161 Å². The number of hydrogen-bond donors (Lipinski definition) is 1. The van der Waals surface area contributed by atoms with E-state index in [0.29, 0.717) is 5.16 Å². The number of halogens is 1. The summed E-state index contributed by atoms with van der Waals surface area (Å²) in [6.07, 6.45) is 4.07. The molecule has 1 N–H and O–H groups in total. The molecule has 26 heavy (non-hydrogen) atoms. The number of rotatable bonds is 7. The summed E-state index contributed by atoms with van der Waals surface area (Å²) in [4.78, 5) is 32.1. The molecule has 0 saturated carbocycles. The number of esters is 1. The van der Waals surface area contributed by atoms with Crippen molar-refractivity contribution in [3.63, 3.8) is 0 Å². The predicted octanol–water partition coefficient (Wildman–Crippen LogP) is 3.45. The van der Waals surface area contributed by atoms with Crippen LogP contribution in [0.5, 0.6) is 0 Å². The smallest absolute Gasteiger partial charge is 0.359 e. The van der Waals surface area contributed by atoms with Gasteiger partial charge in [-0.1, -0.05) is 54.6 Å². The van der Waals surface area contributed by atoms with E-state index in [1.165, 1.54) is 23.5 Å². The van der Waals surface area contributed by atoms with Crippen LogP contribution in [0.3, 0.4) is 0 Å². The minimum Gasteiger partial charge on any atom is -0.451 e. The van der Waals surface area contributed by atoms with Gasteiger partial charge in [0.2, 0.25) is 0 Å². The molecule has 2 rings (SSSR count). The van der Waals surface area contributed by atoms with Crippen molar-refractivity contribution in [1.29, 1.82) is 0 Å². The molecule has 1 amide bonds. The van der Waals surface area contributed by atoms with Gasteiger partial charge in [-0.25, -0.2) is 14.8 Å². The lowest BCUT2D eigenvalue weighted by molar-refractivity contribution is -0.124. The number of benzene rings is 1. The van der Waals surface area contributed by atoms with Crippen LogP contribution >= 0.6 is 23.4 Å². The van der Waals surface area contributed by atoms with Crippen LogP contribution < -0.4 is 5.32 Å². The second kappa shape index (κ2) is 9.54. The van der Waals surface area contributed by atoms with E-state index in [4.69, 9.17) is 16.3 Å². The summed E-state index contributed by atoms with van der Waals surface area (Å²) in [6, 6.07) is 7.80. The van der Waals surface area contributed by atoms with E-state index in [1.807, 2.05) is 31.2 Å². The number of nitrogens with one attached hydrogen (secondary N) is 1. The monoisotopic (exact) mass is 393 g/mol. The fourth-order valence-electron chi connectivity index (χ4n) is 2.20. The van der Waals surface area contributed by atoms with E-state index in [2.05, 4.69) is 22.2 Å². The van der Waals surface area contributed by atoms with Gasteiger partial charge in [0, 0.05) is 0 Å². The van der Waals surface area contributed by atoms with Gasteiger partial charge in [0.25, 0.3) is 5.91 Å². The molecular formula is C18H20ClN3O3S. The number of amides is 1. The second-order valence-electron chi connectivity index (χ2n) is 5.51. The molecular weight excluding hydrogens is 374 g/mol. The van der Waals surface area contributed by atoms with Crippen molar-refractivity contribution in [3.05, 3.63) is 52.3 Å². The van der Waals surface area contributed by atoms with Gasteiger partial charge in [-0.2, -0.15) is 0 Å². The molecule has 0 aliphatic rings. The van der Waals surface area contributed by atoms with Gasteiger partial charge in [-0.3, -0.25) is 4.79 Å². The van der Waals surface area contributed by atoms with Gasteiger partial charge in [0.1, 0.15) is 0 Å². The molecule has 0 aliphatic heterocycles. The molecule has 1 heterocycles. The van der Waals surface area contributed by atoms with Crippen LogP contribution in [0.25, 0.3) is 0 Å². The van der Waals surface area contributed by atoms with Gasteiger partial charge in [0.05, 0.1) is 17.3 Å². The van der Waals surface area contributed by atoms with Crippen molar-refractivity contribution in [3.8, 4) is 0 Å². The molecule has 0 saturated heterocycles. The van der Waals surface area contributed by atoms with Crippen molar-refractivity contribution in [2.45, 2.75) is 31.5 Å². The third-order valence-electron chi connectivity index (χ3n) is 3.70. The van der Waals surface area contributed by atoms with Crippen LogP contribution in [0.4, 0.5) is 0 Å². The molecule has 0 radical (unpaired) electrons. The Morgan fingerprint density at radius 2 is 2.00 bits per heavy atom. The summed E-state index contributed by atoms with van der Waals surface area (Å²) in [6.45, 7) is 3.54. The standard InChI is InChI=1S/C18H20ClN3O3S/c1-4-12-5-7-13(8-6-12)11(2)21-15(23)10-25-17(24)16-14(19)9-20-18(22-16)26-3/h5-9,11H,4,10H2,1-3H3,(H,21,23). The summed E-state index contributed by atoms with van der Waals surface area (Å²) >= 11 is 7.19. The maximum absolute atomic E-state index is 12.1. The Morgan fingerprint density at radius 1 is 1.31 bits per heavy atom. The van der Waals surface area contributed by atoms with E-state index in [1.54, 1.807) is 6.26 Å². The third-order valence-corrected chi connectivity index (χ3v) is 4.54. The molecule has 0 bridgehead atoms. The van der Waals surface area contributed by atoms with Crippen molar-refractivity contribution < 1.29 is 14.3 Å².